The fourth-order valence-corrected chi connectivity index (χ4v) is 2.41. The van der Waals surface area contributed by atoms with Crippen LogP contribution in [0.5, 0.6) is 5.75 Å². The van der Waals surface area contributed by atoms with Gasteiger partial charge >= 0.3 is 0 Å². The second-order valence-electron chi connectivity index (χ2n) is 3.89. The Hall–Kier alpha value is -1.33. The van der Waals surface area contributed by atoms with Crippen LogP contribution in [-0.4, -0.2) is 12.1 Å². The molecule has 0 radical (unpaired) electrons. The Kier molecular flexibility index (Phi) is 4.61. The molecule has 1 heterocycles. The number of ether oxygens (including phenoxy) is 1. The number of aromatic nitrogens is 1. The first-order valence-corrected chi connectivity index (χ1v) is 6.32. The number of benzene rings is 1. The number of nitrogens with one attached hydrogen (secondary N) is 1. The van der Waals surface area contributed by atoms with Crippen LogP contribution < -0.4 is 16.0 Å². The lowest BCUT2D eigenvalue weighted by Gasteiger charge is -2.18. The van der Waals surface area contributed by atoms with Crippen LogP contribution in [0.15, 0.2) is 36.5 Å². The average molecular weight is 298 g/mol. The third-order valence-electron chi connectivity index (χ3n) is 2.68. The van der Waals surface area contributed by atoms with Gasteiger partial charge in [0.05, 0.1) is 13.2 Å². The van der Waals surface area contributed by atoms with E-state index in [0.29, 0.717) is 21.5 Å². The quantitative estimate of drug-likeness (QED) is 0.673. The SMILES string of the molecule is COc1cccnc1C(NN)c1cc(Cl)cc(Cl)c1. The highest BCUT2D eigenvalue weighted by atomic mass is 35.5. The zero-order chi connectivity index (χ0) is 13.8. The summed E-state index contributed by atoms with van der Waals surface area (Å²) >= 11 is 12.0. The lowest BCUT2D eigenvalue weighted by atomic mass is 10.0. The Morgan fingerprint density at radius 2 is 1.95 bits per heavy atom. The second kappa shape index (κ2) is 6.21. The van der Waals surface area contributed by atoms with Crippen molar-refractivity contribution in [1.82, 2.24) is 10.4 Å². The second-order valence-corrected chi connectivity index (χ2v) is 4.77. The van der Waals surface area contributed by atoms with Crippen molar-refractivity contribution in [3.63, 3.8) is 0 Å². The minimum Gasteiger partial charge on any atom is -0.495 e. The standard InChI is InChI=1S/C13H13Cl2N3O/c1-19-11-3-2-4-17-13(11)12(18-16)8-5-9(14)7-10(15)6-8/h2-7,12,18H,16H2,1H3. The van der Waals surface area contributed by atoms with Crippen LogP contribution in [0.25, 0.3) is 0 Å². The van der Waals surface area contributed by atoms with Gasteiger partial charge in [-0.3, -0.25) is 10.8 Å². The van der Waals surface area contributed by atoms with Crippen molar-refractivity contribution in [2.75, 3.05) is 7.11 Å². The largest absolute Gasteiger partial charge is 0.495 e. The highest BCUT2D eigenvalue weighted by Crippen LogP contribution is 2.30. The molecule has 4 nitrogen and oxygen atoms in total. The molecular formula is C13H13Cl2N3O. The summed E-state index contributed by atoms with van der Waals surface area (Å²) < 4.78 is 5.29. The molecular weight excluding hydrogens is 285 g/mol. The van der Waals surface area contributed by atoms with Gasteiger partial charge in [0.2, 0.25) is 0 Å². The summed E-state index contributed by atoms with van der Waals surface area (Å²) in [6.07, 6.45) is 1.67. The lowest BCUT2D eigenvalue weighted by Crippen LogP contribution is -2.29. The summed E-state index contributed by atoms with van der Waals surface area (Å²) in [5, 5.41) is 1.08. The first-order valence-electron chi connectivity index (χ1n) is 5.56. The fraction of sp³-hybridized carbons (Fsp3) is 0.154. The van der Waals surface area contributed by atoms with E-state index in [1.54, 1.807) is 37.6 Å². The average Bonchev–Trinajstić information content (AvgIpc) is 2.39. The van der Waals surface area contributed by atoms with Gasteiger partial charge in [-0.05, 0) is 35.9 Å². The number of methoxy groups -OCH3 is 1. The van der Waals surface area contributed by atoms with E-state index >= 15 is 0 Å². The predicted molar refractivity (Wildman–Crippen MR) is 76.4 cm³/mol. The molecule has 0 amide bonds. The Labute approximate surface area is 121 Å². The van der Waals surface area contributed by atoms with Gasteiger partial charge in [0, 0.05) is 16.2 Å². The molecule has 1 aromatic heterocycles. The molecule has 2 aromatic rings. The molecule has 0 saturated heterocycles. The van der Waals surface area contributed by atoms with Crippen molar-refractivity contribution in [1.29, 1.82) is 0 Å². The van der Waals surface area contributed by atoms with Crippen molar-refractivity contribution >= 4 is 23.2 Å². The van der Waals surface area contributed by atoms with Gasteiger partial charge in [-0.2, -0.15) is 0 Å². The Morgan fingerprint density at radius 1 is 1.26 bits per heavy atom. The van der Waals surface area contributed by atoms with Gasteiger partial charge in [-0.25, -0.2) is 5.43 Å². The molecule has 0 spiro atoms. The predicted octanol–water partition coefficient (Wildman–Crippen LogP) is 2.95. The molecule has 19 heavy (non-hydrogen) atoms. The van der Waals surface area contributed by atoms with E-state index in [-0.39, 0.29) is 6.04 Å². The zero-order valence-corrected chi connectivity index (χ0v) is 11.7. The summed E-state index contributed by atoms with van der Waals surface area (Å²) in [5.41, 5.74) is 4.19. The molecule has 0 fully saturated rings. The van der Waals surface area contributed by atoms with Crippen LogP contribution in [0, 0.1) is 0 Å². The molecule has 0 aliphatic carbocycles. The smallest absolute Gasteiger partial charge is 0.142 e. The fourth-order valence-electron chi connectivity index (χ4n) is 1.87. The highest BCUT2D eigenvalue weighted by Gasteiger charge is 2.19. The van der Waals surface area contributed by atoms with Gasteiger partial charge in [0.15, 0.2) is 0 Å². The summed E-state index contributed by atoms with van der Waals surface area (Å²) in [7, 11) is 1.58. The van der Waals surface area contributed by atoms with Crippen molar-refractivity contribution in [2.24, 2.45) is 5.84 Å². The van der Waals surface area contributed by atoms with Gasteiger partial charge in [-0.15, -0.1) is 0 Å². The monoisotopic (exact) mass is 297 g/mol. The van der Waals surface area contributed by atoms with Crippen molar-refractivity contribution in [3.05, 3.63) is 57.8 Å². The van der Waals surface area contributed by atoms with E-state index in [4.69, 9.17) is 33.8 Å². The molecule has 2 rings (SSSR count). The lowest BCUT2D eigenvalue weighted by molar-refractivity contribution is 0.400. The summed E-state index contributed by atoms with van der Waals surface area (Å²) in [4.78, 5) is 4.30. The maximum Gasteiger partial charge on any atom is 0.142 e. The maximum absolute atomic E-state index is 6.01. The Morgan fingerprint density at radius 3 is 2.53 bits per heavy atom. The van der Waals surface area contributed by atoms with Gasteiger partial charge in [-0.1, -0.05) is 23.2 Å². The summed E-state index contributed by atoms with van der Waals surface area (Å²) in [5.74, 6) is 6.27. The molecule has 0 aliphatic rings. The third-order valence-corrected chi connectivity index (χ3v) is 3.11. The number of halogens is 2. The number of hydrogen-bond donors (Lipinski definition) is 2. The van der Waals surface area contributed by atoms with E-state index in [1.165, 1.54) is 0 Å². The minimum atomic E-state index is -0.354. The molecule has 1 aromatic carbocycles. The molecule has 6 heteroatoms. The summed E-state index contributed by atoms with van der Waals surface area (Å²) in [6.45, 7) is 0. The van der Waals surface area contributed by atoms with Crippen LogP contribution >= 0.6 is 23.2 Å². The van der Waals surface area contributed by atoms with E-state index in [2.05, 4.69) is 10.4 Å². The first-order chi connectivity index (χ1) is 9.15. The first kappa shape index (κ1) is 14.1. The van der Waals surface area contributed by atoms with Crippen LogP contribution in [0.2, 0.25) is 10.0 Å². The Bertz CT molecular complexity index is 557. The molecule has 1 atom stereocenters. The normalized spacial score (nSPS) is 12.2. The molecule has 100 valence electrons. The highest BCUT2D eigenvalue weighted by molar-refractivity contribution is 6.34. The van der Waals surface area contributed by atoms with E-state index in [9.17, 15) is 0 Å². The molecule has 0 bridgehead atoms. The number of pyridine rings is 1. The van der Waals surface area contributed by atoms with E-state index < -0.39 is 0 Å². The van der Waals surface area contributed by atoms with E-state index in [0.717, 1.165) is 5.56 Å². The summed E-state index contributed by atoms with van der Waals surface area (Å²) in [6, 6.07) is 8.49. The van der Waals surface area contributed by atoms with Gasteiger partial charge in [0.1, 0.15) is 11.4 Å². The van der Waals surface area contributed by atoms with Crippen molar-refractivity contribution < 1.29 is 4.74 Å². The van der Waals surface area contributed by atoms with Crippen LogP contribution in [0.4, 0.5) is 0 Å². The molecule has 1 unspecified atom stereocenters. The zero-order valence-electron chi connectivity index (χ0n) is 10.2. The van der Waals surface area contributed by atoms with Crippen molar-refractivity contribution in [2.45, 2.75) is 6.04 Å². The van der Waals surface area contributed by atoms with E-state index in [1.807, 2.05) is 6.07 Å². The molecule has 0 saturated carbocycles. The maximum atomic E-state index is 6.01. The van der Waals surface area contributed by atoms with Crippen molar-refractivity contribution in [3.8, 4) is 5.75 Å². The van der Waals surface area contributed by atoms with Crippen LogP contribution in [-0.2, 0) is 0 Å². The number of nitrogens with zero attached hydrogens (tertiary/aromatic N) is 1. The molecule has 0 aliphatic heterocycles. The minimum absolute atomic E-state index is 0.354. The van der Waals surface area contributed by atoms with Gasteiger partial charge in [0.25, 0.3) is 0 Å². The third kappa shape index (κ3) is 3.16. The number of nitrogens with two attached hydrogens (primary N) is 1. The van der Waals surface area contributed by atoms with Crippen LogP contribution in [0.1, 0.15) is 17.3 Å². The number of hydrazine groups is 1. The molecule has 3 N–H and O–H groups in total. The number of rotatable bonds is 4. The van der Waals surface area contributed by atoms with Gasteiger partial charge < -0.3 is 4.74 Å². The Balaban J connectivity index is 2.49. The number of hydrogen-bond acceptors (Lipinski definition) is 4. The van der Waals surface area contributed by atoms with Crippen LogP contribution in [0.3, 0.4) is 0 Å². The topological polar surface area (TPSA) is 60.2 Å².